The molecule has 0 radical (unpaired) electrons. The molecule has 0 saturated heterocycles. The zero-order chi connectivity index (χ0) is 19.6. The highest BCUT2D eigenvalue weighted by molar-refractivity contribution is 8.00. The smallest absolute Gasteiger partial charge is 0.334 e. The maximum absolute atomic E-state index is 12.8. The Labute approximate surface area is 154 Å². The third kappa shape index (κ3) is 4.47. The van der Waals surface area contributed by atoms with Gasteiger partial charge in [-0.15, -0.1) is 10.2 Å². The van der Waals surface area contributed by atoms with E-state index in [1.165, 1.54) is 13.8 Å². The van der Waals surface area contributed by atoms with E-state index < -0.39 is 28.5 Å². The van der Waals surface area contributed by atoms with E-state index in [0.717, 1.165) is 34.6 Å². The molecule has 1 heterocycles. The second-order valence-electron chi connectivity index (χ2n) is 5.18. The van der Waals surface area contributed by atoms with Crippen molar-refractivity contribution < 1.29 is 18.0 Å². The van der Waals surface area contributed by atoms with Crippen LogP contribution in [-0.2, 0) is 11.0 Å². The van der Waals surface area contributed by atoms with Crippen LogP contribution in [0.25, 0.3) is 0 Å². The van der Waals surface area contributed by atoms with E-state index in [-0.39, 0.29) is 21.6 Å². The Morgan fingerprint density at radius 1 is 1.38 bits per heavy atom. The molecule has 0 bridgehead atoms. The first kappa shape index (κ1) is 20.0. The minimum Gasteiger partial charge on any atom is -0.334 e. The molecule has 1 amide bonds. The molecule has 140 valence electrons. The van der Waals surface area contributed by atoms with Crippen molar-refractivity contribution in [2.24, 2.45) is 0 Å². The van der Waals surface area contributed by atoms with Crippen LogP contribution in [0.5, 0.6) is 0 Å². The van der Waals surface area contributed by atoms with Gasteiger partial charge in [0.2, 0.25) is 11.1 Å². The zero-order valence-corrected chi connectivity index (χ0v) is 15.0. The largest absolute Gasteiger partial charge is 0.416 e. The molecule has 1 atom stereocenters. The molecule has 0 unspecified atom stereocenters. The molecule has 0 spiro atoms. The van der Waals surface area contributed by atoms with Gasteiger partial charge in [0.15, 0.2) is 0 Å². The van der Waals surface area contributed by atoms with Crippen LogP contribution >= 0.6 is 23.4 Å². The van der Waals surface area contributed by atoms with Crippen molar-refractivity contribution in [2.75, 3.05) is 11.2 Å². The van der Waals surface area contributed by atoms with Gasteiger partial charge in [-0.2, -0.15) is 17.8 Å². The first-order valence-electron chi connectivity index (χ1n) is 7.06. The Morgan fingerprint density at radius 2 is 2.04 bits per heavy atom. The number of nitrogen functional groups attached to an aromatic ring is 1. The van der Waals surface area contributed by atoms with E-state index in [4.69, 9.17) is 17.4 Å². The molecule has 0 aliphatic rings. The first-order chi connectivity index (χ1) is 12.0. The van der Waals surface area contributed by atoms with E-state index in [0.29, 0.717) is 0 Å². The second kappa shape index (κ2) is 7.54. The number of nitrogens with zero attached hydrogens (tertiary/aromatic N) is 3. The van der Waals surface area contributed by atoms with E-state index in [2.05, 4.69) is 15.5 Å². The summed E-state index contributed by atoms with van der Waals surface area (Å²) in [5.41, 5.74) is -1.61. The lowest BCUT2D eigenvalue weighted by Gasteiger charge is -2.15. The van der Waals surface area contributed by atoms with E-state index in [9.17, 15) is 22.8 Å². The summed E-state index contributed by atoms with van der Waals surface area (Å²) in [5.74, 6) is 4.93. The summed E-state index contributed by atoms with van der Waals surface area (Å²) < 4.78 is 39.1. The first-order valence-corrected chi connectivity index (χ1v) is 8.32. The molecule has 0 aliphatic heterocycles. The van der Waals surface area contributed by atoms with Gasteiger partial charge in [-0.25, -0.2) is 0 Å². The van der Waals surface area contributed by atoms with Gasteiger partial charge in [0.25, 0.3) is 5.56 Å². The predicted octanol–water partition coefficient (Wildman–Crippen LogP) is 2.45. The summed E-state index contributed by atoms with van der Waals surface area (Å²) >= 11 is 6.67. The SMILES string of the molecule is Cc1nnc(S[C@H](C)C(=O)Nc2cc(C(F)(F)F)ccc2Cl)n(N)c1=O. The van der Waals surface area contributed by atoms with Gasteiger partial charge < -0.3 is 11.2 Å². The highest BCUT2D eigenvalue weighted by Gasteiger charge is 2.31. The summed E-state index contributed by atoms with van der Waals surface area (Å²) in [7, 11) is 0. The summed E-state index contributed by atoms with van der Waals surface area (Å²) in [6.45, 7) is 2.90. The molecule has 26 heavy (non-hydrogen) atoms. The Bertz CT molecular complexity index is 903. The minimum atomic E-state index is -4.57. The normalized spacial score (nSPS) is 12.7. The van der Waals surface area contributed by atoms with Gasteiger partial charge >= 0.3 is 6.18 Å². The van der Waals surface area contributed by atoms with E-state index in [1.54, 1.807) is 0 Å². The Balaban J connectivity index is 2.18. The van der Waals surface area contributed by atoms with Gasteiger partial charge in [-0.05, 0) is 32.0 Å². The number of thioether (sulfide) groups is 1. The number of rotatable bonds is 4. The average molecular weight is 408 g/mol. The number of carbonyl (C=O) groups excluding carboxylic acids is 1. The van der Waals surface area contributed by atoms with Crippen molar-refractivity contribution in [1.82, 2.24) is 14.9 Å². The molecular weight excluding hydrogens is 395 g/mol. The topological polar surface area (TPSA) is 103 Å². The molecule has 12 heteroatoms. The number of aryl methyl sites for hydroxylation is 1. The molecule has 7 nitrogen and oxygen atoms in total. The van der Waals surface area contributed by atoms with Crippen LogP contribution in [0.3, 0.4) is 0 Å². The lowest BCUT2D eigenvalue weighted by molar-refractivity contribution is -0.137. The fourth-order valence-corrected chi connectivity index (χ4v) is 2.73. The molecule has 0 saturated carbocycles. The fraction of sp³-hybridized carbons (Fsp3) is 0.286. The highest BCUT2D eigenvalue weighted by Crippen LogP contribution is 2.34. The number of hydrogen-bond acceptors (Lipinski definition) is 6. The maximum atomic E-state index is 12.8. The number of amides is 1. The molecule has 2 aromatic rings. The Hall–Kier alpha value is -2.27. The van der Waals surface area contributed by atoms with Crippen molar-refractivity contribution in [3.8, 4) is 0 Å². The van der Waals surface area contributed by atoms with E-state index in [1.807, 2.05) is 0 Å². The van der Waals surface area contributed by atoms with E-state index >= 15 is 0 Å². The molecular formula is C14H13ClF3N5O2S. The number of aromatic nitrogens is 3. The molecule has 2 rings (SSSR count). The summed E-state index contributed by atoms with van der Waals surface area (Å²) in [6, 6.07) is 2.59. The van der Waals surface area contributed by atoms with Gasteiger partial charge in [0, 0.05) is 0 Å². The highest BCUT2D eigenvalue weighted by atomic mass is 35.5. The van der Waals surface area contributed by atoms with Crippen molar-refractivity contribution in [2.45, 2.75) is 30.4 Å². The number of alkyl halides is 3. The predicted molar refractivity (Wildman–Crippen MR) is 91.6 cm³/mol. The zero-order valence-electron chi connectivity index (χ0n) is 13.5. The number of carbonyl (C=O) groups is 1. The second-order valence-corrected chi connectivity index (χ2v) is 6.90. The van der Waals surface area contributed by atoms with Crippen molar-refractivity contribution in [3.05, 3.63) is 44.8 Å². The molecule has 1 aromatic heterocycles. The minimum absolute atomic E-state index is 0.0154. The summed E-state index contributed by atoms with van der Waals surface area (Å²) in [5, 5.41) is 8.77. The van der Waals surface area contributed by atoms with Crippen LogP contribution in [0, 0.1) is 6.92 Å². The number of benzene rings is 1. The van der Waals surface area contributed by atoms with Crippen molar-refractivity contribution in [3.63, 3.8) is 0 Å². The van der Waals surface area contributed by atoms with Crippen molar-refractivity contribution >= 4 is 35.0 Å². The van der Waals surface area contributed by atoms with Crippen LogP contribution in [0.4, 0.5) is 18.9 Å². The van der Waals surface area contributed by atoms with Gasteiger partial charge in [0.05, 0.1) is 21.5 Å². The third-order valence-corrected chi connectivity index (χ3v) is 4.61. The Kier molecular flexibility index (Phi) is 5.81. The van der Waals surface area contributed by atoms with Crippen molar-refractivity contribution in [1.29, 1.82) is 0 Å². The lowest BCUT2D eigenvalue weighted by Crippen LogP contribution is -2.33. The number of halogens is 4. The van der Waals surface area contributed by atoms with Gasteiger partial charge in [0.1, 0.15) is 5.69 Å². The monoisotopic (exact) mass is 407 g/mol. The number of hydrogen-bond donors (Lipinski definition) is 2. The molecule has 1 aromatic carbocycles. The molecule has 0 aliphatic carbocycles. The van der Waals surface area contributed by atoms with Crippen LogP contribution in [0.1, 0.15) is 18.2 Å². The number of anilines is 1. The van der Waals surface area contributed by atoms with Crippen LogP contribution < -0.4 is 16.7 Å². The Morgan fingerprint density at radius 3 is 2.65 bits per heavy atom. The van der Waals surface area contributed by atoms with Gasteiger partial charge in [-0.1, -0.05) is 23.4 Å². The molecule has 0 fully saturated rings. The fourth-order valence-electron chi connectivity index (χ4n) is 1.79. The maximum Gasteiger partial charge on any atom is 0.416 e. The van der Waals surface area contributed by atoms with Gasteiger partial charge in [-0.3, -0.25) is 9.59 Å². The lowest BCUT2D eigenvalue weighted by atomic mass is 10.2. The van der Waals surface area contributed by atoms with Crippen LogP contribution in [-0.4, -0.2) is 26.0 Å². The van der Waals surface area contributed by atoms with Crippen LogP contribution in [0.2, 0.25) is 5.02 Å². The third-order valence-electron chi connectivity index (χ3n) is 3.22. The van der Waals surface area contributed by atoms with Crippen LogP contribution in [0.15, 0.2) is 28.2 Å². The average Bonchev–Trinajstić information content (AvgIpc) is 2.56. The summed E-state index contributed by atoms with van der Waals surface area (Å²) in [4.78, 5) is 24.0. The number of nitrogens with two attached hydrogens (primary N) is 1. The number of nitrogens with one attached hydrogen (secondary N) is 1. The molecule has 3 N–H and O–H groups in total. The standard InChI is InChI=1S/C14H13ClF3N5O2S/c1-6-12(25)23(19)13(22-21-6)26-7(2)11(24)20-10-5-8(14(16,17)18)3-4-9(10)15/h3-5,7H,19H2,1-2H3,(H,20,24)/t7-/m1/s1. The quantitative estimate of drug-likeness (QED) is 0.596. The summed E-state index contributed by atoms with van der Waals surface area (Å²) in [6.07, 6.45) is -4.57.